The number of amides is 2. The molecule has 0 aromatic heterocycles. The van der Waals surface area contributed by atoms with Gasteiger partial charge in [0.1, 0.15) is 0 Å². The van der Waals surface area contributed by atoms with Crippen molar-refractivity contribution in [2.45, 2.75) is 45.1 Å². The van der Waals surface area contributed by atoms with E-state index < -0.39 is 0 Å². The summed E-state index contributed by atoms with van der Waals surface area (Å²) in [5, 5.41) is 3.09. The topological polar surface area (TPSA) is 49.4 Å². The fourth-order valence-corrected chi connectivity index (χ4v) is 2.64. The zero-order chi connectivity index (χ0) is 14.5. The highest BCUT2D eigenvalue weighted by atomic mass is 16.2. The lowest BCUT2D eigenvalue weighted by Crippen LogP contribution is -2.37. The zero-order valence-corrected chi connectivity index (χ0v) is 12.2. The predicted molar refractivity (Wildman–Crippen MR) is 79.9 cm³/mol. The summed E-state index contributed by atoms with van der Waals surface area (Å²) in [7, 11) is 1.69. The number of rotatable bonds is 3. The molecule has 0 saturated heterocycles. The molecule has 1 aromatic rings. The Morgan fingerprint density at radius 3 is 2.45 bits per heavy atom. The van der Waals surface area contributed by atoms with E-state index in [0.29, 0.717) is 11.3 Å². The molecule has 0 spiro atoms. The van der Waals surface area contributed by atoms with Crippen molar-refractivity contribution < 1.29 is 9.59 Å². The van der Waals surface area contributed by atoms with Crippen LogP contribution in [-0.4, -0.2) is 24.9 Å². The third-order valence-corrected chi connectivity index (χ3v) is 3.92. The van der Waals surface area contributed by atoms with E-state index in [0.717, 1.165) is 12.8 Å². The summed E-state index contributed by atoms with van der Waals surface area (Å²) in [5.74, 6) is -0.163. The van der Waals surface area contributed by atoms with Crippen molar-refractivity contribution in [3.8, 4) is 0 Å². The molecule has 1 saturated carbocycles. The molecule has 1 N–H and O–H groups in total. The lowest BCUT2D eigenvalue weighted by molar-refractivity contribution is -0.116. The average Bonchev–Trinajstić information content (AvgIpc) is 2.47. The fraction of sp³-hybridized carbons (Fsp3) is 0.500. The number of nitrogens with zero attached hydrogens (tertiary/aromatic N) is 1. The van der Waals surface area contributed by atoms with E-state index in [-0.39, 0.29) is 17.9 Å². The maximum atomic E-state index is 12.4. The predicted octanol–water partition coefficient (Wildman–Crippen LogP) is 2.73. The molecular weight excluding hydrogens is 252 g/mol. The van der Waals surface area contributed by atoms with Gasteiger partial charge in [0.2, 0.25) is 5.91 Å². The number of carbonyl (C=O) groups excluding carboxylic acids is 2. The molecule has 0 heterocycles. The maximum absolute atomic E-state index is 12.4. The van der Waals surface area contributed by atoms with E-state index in [9.17, 15) is 9.59 Å². The van der Waals surface area contributed by atoms with Crippen molar-refractivity contribution in [2.24, 2.45) is 0 Å². The van der Waals surface area contributed by atoms with Crippen molar-refractivity contribution >= 4 is 17.5 Å². The molecule has 1 fully saturated rings. The molecule has 0 bridgehead atoms. The van der Waals surface area contributed by atoms with Crippen LogP contribution in [-0.2, 0) is 4.79 Å². The van der Waals surface area contributed by atoms with Gasteiger partial charge in [-0.1, -0.05) is 31.4 Å². The Kier molecular flexibility index (Phi) is 4.77. The van der Waals surface area contributed by atoms with Crippen LogP contribution in [0.3, 0.4) is 0 Å². The van der Waals surface area contributed by atoms with Crippen LogP contribution in [0.2, 0.25) is 0 Å². The third kappa shape index (κ3) is 3.38. The third-order valence-electron chi connectivity index (χ3n) is 3.92. The first-order valence-corrected chi connectivity index (χ1v) is 7.24. The Morgan fingerprint density at radius 2 is 1.80 bits per heavy atom. The van der Waals surface area contributed by atoms with Gasteiger partial charge in [-0.25, -0.2) is 0 Å². The molecule has 4 nitrogen and oxygen atoms in total. The van der Waals surface area contributed by atoms with Gasteiger partial charge in [0.25, 0.3) is 5.91 Å². The largest absolute Gasteiger partial charge is 0.349 e. The molecule has 20 heavy (non-hydrogen) atoms. The number of nitrogens with one attached hydrogen (secondary N) is 1. The summed E-state index contributed by atoms with van der Waals surface area (Å²) in [6, 6.07) is 7.51. The second-order valence-corrected chi connectivity index (χ2v) is 5.40. The quantitative estimate of drug-likeness (QED) is 0.921. The highest BCUT2D eigenvalue weighted by molar-refractivity contribution is 6.04. The van der Waals surface area contributed by atoms with E-state index in [1.165, 1.54) is 31.1 Å². The van der Waals surface area contributed by atoms with E-state index in [1.54, 1.807) is 19.2 Å². The molecular formula is C16H22N2O2. The van der Waals surface area contributed by atoms with Gasteiger partial charge in [0.05, 0.1) is 11.3 Å². The molecule has 0 aliphatic heterocycles. The van der Waals surface area contributed by atoms with Gasteiger partial charge in [0, 0.05) is 20.0 Å². The SMILES string of the molecule is CC(=O)N(C)c1ccccc1C(=O)NC1CCCCC1. The molecule has 2 amide bonds. The summed E-state index contributed by atoms with van der Waals surface area (Å²) in [4.78, 5) is 25.4. The number of anilines is 1. The number of benzene rings is 1. The van der Waals surface area contributed by atoms with Crippen LogP contribution in [0.4, 0.5) is 5.69 Å². The van der Waals surface area contributed by atoms with Crippen molar-refractivity contribution in [3.05, 3.63) is 29.8 Å². The summed E-state index contributed by atoms with van der Waals surface area (Å²) < 4.78 is 0. The van der Waals surface area contributed by atoms with Crippen LogP contribution >= 0.6 is 0 Å². The minimum absolute atomic E-state index is 0.0806. The summed E-state index contributed by atoms with van der Waals surface area (Å²) in [5.41, 5.74) is 1.23. The minimum Gasteiger partial charge on any atom is -0.349 e. The summed E-state index contributed by atoms with van der Waals surface area (Å²) in [6.07, 6.45) is 5.73. The standard InChI is InChI=1S/C16H22N2O2/c1-12(19)18(2)15-11-7-6-10-14(15)16(20)17-13-8-4-3-5-9-13/h6-7,10-11,13H,3-5,8-9H2,1-2H3,(H,17,20). The number of hydrogen-bond acceptors (Lipinski definition) is 2. The summed E-state index contributed by atoms with van der Waals surface area (Å²) in [6.45, 7) is 1.50. The molecule has 108 valence electrons. The molecule has 4 heteroatoms. The number of carbonyl (C=O) groups is 2. The average molecular weight is 274 g/mol. The highest BCUT2D eigenvalue weighted by Gasteiger charge is 2.20. The lowest BCUT2D eigenvalue weighted by Gasteiger charge is -2.24. The molecule has 1 aliphatic rings. The Hall–Kier alpha value is -1.84. The second-order valence-electron chi connectivity index (χ2n) is 5.40. The molecule has 0 atom stereocenters. The van der Waals surface area contributed by atoms with Crippen molar-refractivity contribution in [2.75, 3.05) is 11.9 Å². The first kappa shape index (κ1) is 14.6. The van der Waals surface area contributed by atoms with Crippen LogP contribution in [0, 0.1) is 0 Å². The van der Waals surface area contributed by atoms with Crippen molar-refractivity contribution in [1.29, 1.82) is 0 Å². The Balaban J connectivity index is 2.14. The monoisotopic (exact) mass is 274 g/mol. The van der Waals surface area contributed by atoms with Gasteiger partial charge >= 0.3 is 0 Å². The first-order chi connectivity index (χ1) is 9.59. The van der Waals surface area contributed by atoms with E-state index in [1.807, 2.05) is 12.1 Å². The van der Waals surface area contributed by atoms with E-state index in [4.69, 9.17) is 0 Å². The van der Waals surface area contributed by atoms with Gasteiger partial charge < -0.3 is 10.2 Å². The second kappa shape index (κ2) is 6.55. The van der Waals surface area contributed by atoms with Crippen LogP contribution in [0.25, 0.3) is 0 Å². The Bertz CT molecular complexity index is 493. The van der Waals surface area contributed by atoms with E-state index >= 15 is 0 Å². The maximum Gasteiger partial charge on any atom is 0.253 e. The van der Waals surface area contributed by atoms with Crippen molar-refractivity contribution in [1.82, 2.24) is 5.32 Å². The Morgan fingerprint density at radius 1 is 1.15 bits per heavy atom. The van der Waals surface area contributed by atoms with E-state index in [2.05, 4.69) is 5.32 Å². The molecule has 1 aliphatic carbocycles. The van der Waals surface area contributed by atoms with Gasteiger partial charge in [-0.05, 0) is 25.0 Å². The van der Waals surface area contributed by atoms with Crippen molar-refractivity contribution in [3.63, 3.8) is 0 Å². The van der Waals surface area contributed by atoms with Gasteiger partial charge in [-0.15, -0.1) is 0 Å². The number of para-hydroxylation sites is 1. The van der Waals surface area contributed by atoms with Gasteiger partial charge in [-0.2, -0.15) is 0 Å². The van der Waals surface area contributed by atoms with Crippen LogP contribution < -0.4 is 10.2 Å². The fourth-order valence-electron chi connectivity index (χ4n) is 2.64. The highest BCUT2D eigenvalue weighted by Crippen LogP contribution is 2.21. The zero-order valence-electron chi connectivity index (χ0n) is 12.2. The van der Waals surface area contributed by atoms with Gasteiger partial charge in [0.15, 0.2) is 0 Å². The molecule has 0 unspecified atom stereocenters. The van der Waals surface area contributed by atoms with Crippen LogP contribution in [0.5, 0.6) is 0 Å². The lowest BCUT2D eigenvalue weighted by atomic mass is 9.95. The molecule has 0 radical (unpaired) electrons. The van der Waals surface area contributed by atoms with Gasteiger partial charge in [-0.3, -0.25) is 9.59 Å². The first-order valence-electron chi connectivity index (χ1n) is 7.24. The van der Waals surface area contributed by atoms with Crippen LogP contribution in [0.15, 0.2) is 24.3 Å². The summed E-state index contributed by atoms with van der Waals surface area (Å²) >= 11 is 0. The normalized spacial score (nSPS) is 15.7. The number of hydrogen-bond donors (Lipinski definition) is 1. The smallest absolute Gasteiger partial charge is 0.253 e. The minimum atomic E-state index is -0.0828. The Labute approximate surface area is 120 Å². The molecule has 2 rings (SSSR count). The molecule has 1 aromatic carbocycles. The van der Waals surface area contributed by atoms with Crippen LogP contribution in [0.1, 0.15) is 49.4 Å².